The Morgan fingerprint density at radius 1 is 1.08 bits per heavy atom. The second-order valence-corrected chi connectivity index (χ2v) is 6.47. The van der Waals surface area contributed by atoms with Gasteiger partial charge in [0.25, 0.3) is 5.91 Å². The van der Waals surface area contributed by atoms with Gasteiger partial charge in [0, 0.05) is 19.8 Å². The van der Waals surface area contributed by atoms with Gasteiger partial charge in [-0.05, 0) is 59.8 Å². The van der Waals surface area contributed by atoms with Crippen LogP contribution >= 0.6 is 11.8 Å². The van der Waals surface area contributed by atoms with E-state index in [0.29, 0.717) is 15.8 Å². The van der Waals surface area contributed by atoms with Gasteiger partial charge in [-0.3, -0.25) is 4.79 Å². The fourth-order valence-corrected chi connectivity index (χ4v) is 2.98. The van der Waals surface area contributed by atoms with Gasteiger partial charge in [0.2, 0.25) is 0 Å². The molecule has 1 N–H and O–H groups in total. The Morgan fingerprint density at radius 2 is 1.75 bits per heavy atom. The molecule has 0 aliphatic carbocycles. The lowest BCUT2D eigenvalue weighted by Crippen LogP contribution is -2.19. The van der Waals surface area contributed by atoms with Crippen molar-refractivity contribution in [1.82, 2.24) is 5.32 Å². The molecule has 2 aromatic carbocycles. The van der Waals surface area contributed by atoms with E-state index in [0.717, 1.165) is 11.3 Å². The molecule has 0 aromatic heterocycles. The van der Waals surface area contributed by atoms with Gasteiger partial charge in [-0.15, -0.1) is 0 Å². The fourth-order valence-electron chi connectivity index (χ4n) is 2.13. The summed E-state index contributed by atoms with van der Waals surface area (Å²) in [6.07, 6.45) is 1.83. The van der Waals surface area contributed by atoms with Crippen LogP contribution in [-0.4, -0.2) is 25.2 Å². The summed E-state index contributed by atoms with van der Waals surface area (Å²) < 4.78 is 12.9. The van der Waals surface area contributed by atoms with Crippen molar-refractivity contribution in [3.8, 4) is 0 Å². The molecular formula is C18H16FN3OS. The van der Waals surface area contributed by atoms with E-state index in [1.807, 2.05) is 49.3 Å². The summed E-state index contributed by atoms with van der Waals surface area (Å²) in [5.41, 5.74) is 2.64. The number of hydrogen-bond donors (Lipinski definition) is 1. The minimum absolute atomic E-state index is 0.183. The van der Waals surface area contributed by atoms with E-state index in [2.05, 4.69) is 10.3 Å². The minimum Gasteiger partial charge on any atom is -0.378 e. The van der Waals surface area contributed by atoms with E-state index in [9.17, 15) is 9.18 Å². The summed E-state index contributed by atoms with van der Waals surface area (Å²) in [5.74, 6) is -0.499. The van der Waals surface area contributed by atoms with Gasteiger partial charge < -0.3 is 10.2 Å². The molecule has 1 aliphatic heterocycles. The number of carbonyl (C=O) groups is 1. The SMILES string of the molecule is CN(C)c1ccc(/C=C2/SC(=Nc3ccc(F)cc3)NC2=O)cc1. The molecule has 24 heavy (non-hydrogen) atoms. The van der Waals surface area contributed by atoms with E-state index >= 15 is 0 Å². The maximum Gasteiger partial charge on any atom is 0.264 e. The number of thioether (sulfide) groups is 1. The number of carbonyl (C=O) groups excluding carboxylic acids is 1. The molecule has 1 fully saturated rings. The van der Waals surface area contributed by atoms with E-state index in [-0.39, 0.29) is 11.7 Å². The van der Waals surface area contributed by atoms with Gasteiger partial charge in [0.15, 0.2) is 5.17 Å². The molecule has 0 atom stereocenters. The Bertz CT molecular complexity index is 811. The molecule has 2 aromatic rings. The van der Waals surface area contributed by atoms with Gasteiger partial charge in [-0.25, -0.2) is 9.38 Å². The minimum atomic E-state index is -0.316. The van der Waals surface area contributed by atoms with Crippen molar-refractivity contribution in [3.63, 3.8) is 0 Å². The summed E-state index contributed by atoms with van der Waals surface area (Å²) in [6.45, 7) is 0. The fraction of sp³-hybridized carbons (Fsp3) is 0.111. The Labute approximate surface area is 144 Å². The summed E-state index contributed by atoms with van der Waals surface area (Å²) in [4.78, 5) is 19.0. The van der Waals surface area contributed by atoms with Crippen LogP contribution in [0.4, 0.5) is 15.8 Å². The number of nitrogens with one attached hydrogen (secondary N) is 1. The van der Waals surface area contributed by atoms with Gasteiger partial charge in [0.1, 0.15) is 5.82 Å². The van der Waals surface area contributed by atoms with Crippen LogP contribution < -0.4 is 10.2 Å². The van der Waals surface area contributed by atoms with Gasteiger partial charge >= 0.3 is 0 Å². The van der Waals surface area contributed by atoms with Gasteiger partial charge in [0.05, 0.1) is 10.6 Å². The van der Waals surface area contributed by atoms with Crippen LogP contribution in [0.15, 0.2) is 58.4 Å². The van der Waals surface area contributed by atoms with Crippen molar-refractivity contribution in [3.05, 3.63) is 64.8 Å². The molecule has 6 heteroatoms. The van der Waals surface area contributed by atoms with E-state index in [1.54, 1.807) is 12.1 Å². The Balaban J connectivity index is 1.77. The smallest absolute Gasteiger partial charge is 0.264 e. The number of anilines is 1. The van der Waals surface area contributed by atoms with Crippen molar-refractivity contribution in [1.29, 1.82) is 0 Å². The number of rotatable bonds is 3. The maximum absolute atomic E-state index is 12.9. The molecule has 3 rings (SSSR count). The molecule has 0 spiro atoms. The number of halogens is 1. The number of nitrogens with zero attached hydrogens (tertiary/aromatic N) is 2. The third-order valence-electron chi connectivity index (χ3n) is 3.42. The maximum atomic E-state index is 12.9. The van der Waals surface area contributed by atoms with Crippen molar-refractivity contribution in [2.24, 2.45) is 4.99 Å². The highest BCUT2D eigenvalue weighted by Gasteiger charge is 2.23. The molecule has 1 heterocycles. The van der Waals surface area contributed by atoms with Crippen LogP contribution in [0.5, 0.6) is 0 Å². The zero-order valence-corrected chi connectivity index (χ0v) is 14.1. The average molecular weight is 341 g/mol. The normalized spacial score (nSPS) is 17.4. The monoisotopic (exact) mass is 341 g/mol. The topological polar surface area (TPSA) is 44.7 Å². The van der Waals surface area contributed by atoms with Crippen molar-refractivity contribution >= 4 is 40.3 Å². The molecule has 122 valence electrons. The second-order valence-electron chi connectivity index (χ2n) is 5.44. The van der Waals surface area contributed by atoms with Gasteiger partial charge in [-0.2, -0.15) is 0 Å². The molecule has 0 unspecified atom stereocenters. The Morgan fingerprint density at radius 3 is 2.38 bits per heavy atom. The summed E-state index contributed by atoms with van der Waals surface area (Å²) in [6, 6.07) is 13.7. The van der Waals surface area contributed by atoms with E-state index in [4.69, 9.17) is 0 Å². The molecule has 4 nitrogen and oxygen atoms in total. The Kier molecular flexibility index (Phi) is 4.66. The van der Waals surface area contributed by atoms with E-state index < -0.39 is 0 Å². The molecule has 0 radical (unpaired) electrons. The quantitative estimate of drug-likeness (QED) is 0.864. The lowest BCUT2D eigenvalue weighted by Gasteiger charge is -2.11. The molecule has 1 amide bonds. The Hall–Kier alpha value is -2.60. The third kappa shape index (κ3) is 3.83. The first-order chi connectivity index (χ1) is 11.5. The lowest BCUT2D eigenvalue weighted by atomic mass is 10.2. The number of amidine groups is 1. The van der Waals surface area contributed by atoms with Crippen LogP contribution in [0.1, 0.15) is 5.56 Å². The first-order valence-electron chi connectivity index (χ1n) is 7.34. The highest BCUT2D eigenvalue weighted by Crippen LogP contribution is 2.28. The second kappa shape index (κ2) is 6.88. The average Bonchev–Trinajstić information content (AvgIpc) is 2.89. The molecule has 1 saturated heterocycles. The highest BCUT2D eigenvalue weighted by atomic mass is 32.2. The first kappa shape index (κ1) is 16.3. The number of benzene rings is 2. The van der Waals surface area contributed by atoms with Crippen LogP contribution in [0, 0.1) is 5.82 Å². The highest BCUT2D eigenvalue weighted by molar-refractivity contribution is 8.18. The van der Waals surface area contributed by atoms with Crippen LogP contribution in [-0.2, 0) is 4.79 Å². The molecule has 1 aliphatic rings. The predicted molar refractivity (Wildman–Crippen MR) is 98.0 cm³/mol. The summed E-state index contributed by atoms with van der Waals surface area (Å²) >= 11 is 1.27. The number of amides is 1. The zero-order valence-electron chi connectivity index (χ0n) is 13.3. The summed E-state index contributed by atoms with van der Waals surface area (Å²) in [5, 5.41) is 3.21. The van der Waals surface area contributed by atoms with Crippen molar-refractivity contribution in [2.45, 2.75) is 0 Å². The summed E-state index contributed by atoms with van der Waals surface area (Å²) in [7, 11) is 3.96. The predicted octanol–water partition coefficient (Wildman–Crippen LogP) is 3.78. The largest absolute Gasteiger partial charge is 0.378 e. The zero-order chi connectivity index (χ0) is 17.1. The van der Waals surface area contributed by atoms with Crippen molar-refractivity contribution < 1.29 is 9.18 Å². The third-order valence-corrected chi connectivity index (χ3v) is 4.33. The van der Waals surface area contributed by atoms with Gasteiger partial charge in [-0.1, -0.05) is 12.1 Å². The molecular weight excluding hydrogens is 325 g/mol. The van der Waals surface area contributed by atoms with Crippen LogP contribution in [0.2, 0.25) is 0 Å². The number of hydrogen-bond acceptors (Lipinski definition) is 4. The number of aliphatic imine (C=N–C) groups is 1. The van der Waals surface area contributed by atoms with Crippen LogP contribution in [0.3, 0.4) is 0 Å². The molecule has 0 bridgehead atoms. The lowest BCUT2D eigenvalue weighted by molar-refractivity contribution is -0.115. The first-order valence-corrected chi connectivity index (χ1v) is 8.15. The standard InChI is InChI=1S/C18H16FN3OS/c1-22(2)15-9-3-12(4-10-15)11-16-17(23)21-18(24-16)20-14-7-5-13(19)6-8-14/h3-11H,1-2H3,(H,20,21,23)/b16-11+. The van der Waals surface area contributed by atoms with E-state index in [1.165, 1.54) is 23.9 Å². The molecule has 0 saturated carbocycles. The van der Waals surface area contributed by atoms with Crippen LogP contribution in [0.25, 0.3) is 6.08 Å². The van der Waals surface area contributed by atoms with Crippen molar-refractivity contribution in [2.75, 3.05) is 19.0 Å².